The average molecular weight is 1190 g/mol. The van der Waals surface area contributed by atoms with Crippen LogP contribution in [0.3, 0.4) is 0 Å². The fraction of sp³-hybridized carbons (Fsp3) is 0.577. The lowest BCUT2D eigenvalue weighted by Gasteiger charge is -2.31. The first-order chi connectivity index (χ1) is 37.2. The van der Waals surface area contributed by atoms with Gasteiger partial charge in [-0.3, -0.25) is 47.7 Å². The Hall–Kier alpha value is -6.71. The third-order valence-electron chi connectivity index (χ3n) is 14.0. The van der Waals surface area contributed by atoms with E-state index in [4.69, 9.17) is 8.60 Å². The second-order valence-corrected chi connectivity index (χ2v) is 22.3. The van der Waals surface area contributed by atoms with Crippen molar-refractivity contribution in [1.29, 1.82) is 0 Å². The standard InChI is InChI=1S/C52H73BrN10O15S/c1-9-27(6)41(62-50(72)43(28(7)10-2)78-79(74,75)76)48(70)59-34(11-3)46(68)60-36-14-12-20-54-45(67)38(24-33-32-23-31(64)17-18-35(32)58-44(33)53)57-40(65)19-16-30-25-77-51(56-30)29(8)55-49(71)42(66)37(22-26(4)5)61-47(69)39-15-13-21-63(39)52(36)73/h16-19,23,25-29,34,36-39,41,43,58,64H,9-15,20-22,24H2,1-8H3,(H,54,67)(H,55,71)(H,57,65)(H,59,70)(H,60,68)(H,61,69)(H,62,72)(H,74,75,76). The summed E-state index contributed by atoms with van der Waals surface area (Å²) in [6, 6.07) is -4.08. The molecule has 8 amide bonds. The van der Waals surface area contributed by atoms with E-state index >= 15 is 0 Å². The number of carbonyl (C=O) groups excluding carboxylic acids is 9. The minimum absolute atomic E-state index is 0.0137. The molecule has 2 aliphatic heterocycles. The zero-order valence-corrected chi connectivity index (χ0v) is 47.9. The van der Waals surface area contributed by atoms with Crippen LogP contribution in [0.15, 0.2) is 39.6 Å². The molecule has 79 heavy (non-hydrogen) atoms. The van der Waals surface area contributed by atoms with E-state index in [0.717, 1.165) is 6.08 Å². The number of H-pyrrole nitrogens is 1. The highest BCUT2D eigenvalue weighted by Crippen LogP contribution is 2.31. The molecular weight excluding hydrogens is 1120 g/mol. The van der Waals surface area contributed by atoms with Gasteiger partial charge in [0, 0.05) is 36.5 Å². The molecule has 0 radical (unpaired) electrons. The molecule has 2 bridgehead atoms. The van der Waals surface area contributed by atoms with E-state index in [0.29, 0.717) is 33.9 Å². The molecule has 1 fully saturated rings. The van der Waals surface area contributed by atoms with Crippen molar-refractivity contribution < 1.29 is 69.8 Å². The van der Waals surface area contributed by atoms with Gasteiger partial charge in [-0.2, -0.15) is 8.42 Å². The minimum atomic E-state index is -5.09. The van der Waals surface area contributed by atoms with Crippen LogP contribution in [0.2, 0.25) is 0 Å². The smallest absolute Gasteiger partial charge is 0.398 e. The van der Waals surface area contributed by atoms with Crippen LogP contribution in [0.5, 0.6) is 5.75 Å². The Labute approximate surface area is 466 Å². The number of rotatable bonds is 17. The van der Waals surface area contributed by atoms with E-state index in [1.54, 1.807) is 47.6 Å². The number of amides is 8. The summed E-state index contributed by atoms with van der Waals surface area (Å²) < 4.78 is 43.6. The molecule has 4 heterocycles. The Kier molecular flexibility index (Phi) is 22.7. The highest BCUT2D eigenvalue weighted by molar-refractivity contribution is 9.10. The van der Waals surface area contributed by atoms with E-state index in [1.165, 1.54) is 43.2 Å². The molecule has 10 unspecified atom stereocenters. The van der Waals surface area contributed by atoms with Crippen molar-refractivity contribution in [1.82, 2.24) is 52.1 Å². The Morgan fingerprint density at radius 3 is 2.25 bits per heavy atom. The number of carbonyl (C=O) groups is 9. The fourth-order valence-electron chi connectivity index (χ4n) is 9.20. The van der Waals surface area contributed by atoms with Crippen molar-refractivity contribution in [3.8, 4) is 5.75 Å². The summed E-state index contributed by atoms with van der Waals surface area (Å²) in [4.78, 5) is 135. The molecule has 434 valence electrons. The molecule has 2 aliphatic rings. The number of hydrogen-bond donors (Lipinski definition) is 10. The molecule has 5 rings (SSSR count). The maximum absolute atomic E-state index is 14.8. The van der Waals surface area contributed by atoms with Gasteiger partial charge in [-0.05, 0) is 109 Å². The van der Waals surface area contributed by atoms with Crippen molar-refractivity contribution in [3.05, 3.63) is 52.3 Å². The Balaban J connectivity index is 1.47. The fourth-order valence-corrected chi connectivity index (χ4v) is 10.3. The van der Waals surface area contributed by atoms with Crippen LogP contribution in [-0.2, 0) is 64.2 Å². The number of phenolic OH excluding ortho intramolecular Hbond substituents is 1. The van der Waals surface area contributed by atoms with E-state index in [-0.39, 0.29) is 81.3 Å². The quantitative estimate of drug-likeness (QED) is 0.0686. The summed E-state index contributed by atoms with van der Waals surface area (Å²) in [5.74, 6) is -9.00. The van der Waals surface area contributed by atoms with Crippen LogP contribution < -0.4 is 37.2 Å². The number of aromatic amines is 1. The number of Topliss-reactive ketones (excluding diaryl/α,β-unsaturated/α-hetero) is 1. The lowest BCUT2D eigenvalue weighted by Crippen LogP contribution is -2.60. The second-order valence-electron chi connectivity index (χ2n) is 20.5. The molecule has 0 spiro atoms. The first kappa shape index (κ1) is 63.1. The maximum atomic E-state index is 14.8. The number of aromatic hydroxyl groups is 1. The number of benzene rings is 1. The summed E-state index contributed by atoms with van der Waals surface area (Å²) in [7, 11) is -5.09. The van der Waals surface area contributed by atoms with Crippen molar-refractivity contribution in [3.63, 3.8) is 0 Å². The van der Waals surface area contributed by atoms with Crippen molar-refractivity contribution in [2.45, 2.75) is 162 Å². The van der Waals surface area contributed by atoms with Crippen LogP contribution in [0, 0.1) is 17.8 Å². The maximum Gasteiger partial charge on any atom is 0.398 e. The van der Waals surface area contributed by atoms with Gasteiger partial charge in [-0.15, -0.1) is 0 Å². The number of halogens is 1. The Morgan fingerprint density at radius 2 is 1.59 bits per heavy atom. The predicted molar refractivity (Wildman–Crippen MR) is 290 cm³/mol. The van der Waals surface area contributed by atoms with Gasteiger partial charge >= 0.3 is 10.4 Å². The molecule has 1 saturated heterocycles. The molecule has 2 aromatic heterocycles. The number of nitrogens with one attached hydrogen (secondary N) is 8. The minimum Gasteiger partial charge on any atom is -0.508 e. The van der Waals surface area contributed by atoms with E-state index in [2.05, 4.69) is 63.1 Å². The van der Waals surface area contributed by atoms with Crippen molar-refractivity contribution in [2.24, 2.45) is 17.8 Å². The van der Waals surface area contributed by atoms with Gasteiger partial charge < -0.3 is 56.6 Å². The van der Waals surface area contributed by atoms with Crippen LogP contribution >= 0.6 is 15.9 Å². The molecule has 3 aromatic rings. The van der Waals surface area contributed by atoms with E-state index in [9.17, 15) is 61.2 Å². The lowest BCUT2D eigenvalue weighted by molar-refractivity contribution is -0.144. The normalized spacial score (nSPS) is 22.3. The van der Waals surface area contributed by atoms with Gasteiger partial charge in [0.25, 0.3) is 11.8 Å². The highest BCUT2D eigenvalue weighted by Gasteiger charge is 2.41. The Bertz CT molecular complexity index is 2870. The lowest BCUT2D eigenvalue weighted by atomic mass is 9.96. The van der Waals surface area contributed by atoms with Crippen molar-refractivity contribution >= 4 is 96.3 Å². The number of oxazole rings is 1. The molecule has 10 atom stereocenters. The number of phenols is 1. The summed E-state index contributed by atoms with van der Waals surface area (Å²) in [5.41, 5.74) is 1.34. The van der Waals surface area contributed by atoms with Crippen LogP contribution in [0.25, 0.3) is 17.0 Å². The van der Waals surface area contributed by atoms with Gasteiger partial charge in [0.15, 0.2) is 6.10 Å². The van der Waals surface area contributed by atoms with Gasteiger partial charge in [0.1, 0.15) is 54.0 Å². The topological polar surface area (TPSA) is 367 Å². The zero-order valence-electron chi connectivity index (χ0n) is 45.5. The number of fused-ring (bicyclic) bond motifs is 4. The summed E-state index contributed by atoms with van der Waals surface area (Å²) in [5, 5.41) is 29.6. The van der Waals surface area contributed by atoms with Gasteiger partial charge in [0.2, 0.25) is 47.1 Å². The highest BCUT2D eigenvalue weighted by atomic mass is 79.9. The second kappa shape index (κ2) is 28.4. The largest absolute Gasteiger partial charge is 0.508 e. The average Bonchev–Trinajstić information content (AvgIpc) is 4.18. The molecule has 25 nitrogen and oxygen atoms in total. The monoisotopic (exact) mass is 1190 g/mol. The number of nitrogens with zero attached hydrogens (tertiary/aromatic N) is 2. The first-order valence-corrected chi connectivity index (χ1v) is 28.6. The third-order valence-corrected chi connectivity index (χ3v) is 15.1. The number of ketones is 1. The molecule has 0 saturated carbocycles. The van der Waals surface area contributed by atoms with Crippen LogP contribution in [-0.4, -0.2) is 141 Å². The van der Waals surface area contributed by atoms with Gasteiger partial charge in [0.05, 0.1) is 10.6 Å². The van der Waals surface area contributed by atoms with Crippen LogP contribution in [0.1, 0.15) is 130 Å². The Morgan fingerprint density at radius 1 is 0.886 bits per heavy atom. The van der Waals surface area contributed by atoms with Crippen LogP contribution in [0.4, 0.5) is 0 Å². The molecule has 10 N–H and O–H groups in total. The summed E-state index contributed by atoms with van der Waals surface area (Å²) >= 11 is 3.50. The summed E-state index contributed by atoms with van der Waals surface area (Å²) in [6.07, 6.45) is 2.87. The number of aromatic nitrogens is 2. The molecular formula is C52H73BrN10O15S. The molecule has 1 aromatic carbocycles. The predicted octanol–water partition coefficient (Wildman–Crippen LogP) is 2.69. The van der Waals surface area contributed by atoms with E-state index in [1.807, 2.05) is 0 Å². The van der Waals surface area contributed by atoms with E-state index < -0.39 is 124 Å². The summed E-state index contributed by atoms with van der Waals surface area (Å²) in [6.45, 7) is 13.2. The van der Waals surface area contributed by atoms with Crippen molar-refractivity contribution in [2.75, 3.05) is 13.1 Å². The first-order valence-electron chi connectivity index (χ1n) is 26.5. The SMILES string of the molecule is CCC(NC(=O)C(NC(=O)C(OS(=O)(=O)O)C(C)CC)C(C)CC)C(=O)NC1CCCNC(=O)C(Cc2c(Br)[nH]c3ccc(O)cc23)NC(=O)C=Cc2coc(n2)C(C)NC(=O)C(=O)C(CC(C)C)NC(=O)C2CCCN2C1=O. The van der Waals surface area contributed by atoms with Gasteiger partial charge in [-0.1, -0.05) is 61.3 Å². The zero-order chi connectivity index (χ0) is 58.5. The molecule has 27 heteroatoms. The third kappa shape index (κ3) is 17.4. The number of hydrogen-bond acceptors (Lipinski definition) is 15. The molecule has 0 aliphatic carbocycles. The van der Waals surface area contributed by atoms with Gasteiger partial charge in [-0.25, -0.2) is 9.17 Å².